The number of carbonyl (C=O) groups excluding carboxylic acids is 1. The van der Waals surface area contributed by atoms with Gasteiger partial charge in [-0.05, 0) is 37.0 Å². The lowest BCUT2D eigenvalue weighted by Gasteiger charge is -2.35. The van der Waals surface area contributed by atoms with Crippen molar-refractivity contribution in [2.24, 2.45) is 11.8 Å². The van der Waals surface area contributed by atoms with Crippen LogP contribution in [0.15, 0.2) is 18.2 Å². The van der Waals surface area contributed by atoms with Crippen LogP contribution in [0.3, 0.4) is 0 Å². The number of nitrogens with zero attached hydrogens (tertiary/aromatic N) is 1. The van der Waals surface area contributed by atoms with Gasteiger partial charge in [0.1, 0.15) is 5.82 Å². The van der Waals surface area contributed by atoms with Gasteiger partial charge < -0.3 is 10.0 Å². The third-order valence-corrected chi connectivity index (χ3v) is 3.73. The summed E-state index contributed by atoms with van der Waals surface area (Å²) in [4.78, 5) is 25.1. The maximum atomic E-state index is 13.3. The van der Waals surface area contributed by atoms with Crippen LogP contribution < -0.4 is 0 Å². The highest BCUT2D eigenvalue weighted by atomic mass is 19.1. The van der Waals surface area contributed by atoms with E-state index in [1.807, 2.05) is 6.92 Å². The zero-order valence-electron chi connectivity index (χ0n) is 11.6. The van der Waals surface area contributed by atoms with Crippen molar-refractivity contribution >= 4 is 11.9 Å². The van der Waals surface area contributed by atoms with Crippen LogP contribution in [0.5, 0.6) is 0 Å². The van der Waals surface area contributed by atoms with E-state index < -0.39 is 17.7 Å². The Morgan fingerprint density at radius 3 is 2.70 bits per heavy atom. The summed E-state index contributed by atoms with van der Waals surface area (Å²) in [6, 6.07) is 4.09. The fraction of sp³-hybridized carbons (Fsp3) is 0.467. The average molecular weight is 279 g/mol. The standard InChI is InChI=1S/C15H18FNO3/c1-9-5-11(15(19)20)8-17(7-9)14(18)13-6-12(16)4-3-10(13)2/h3-4,6,9,11H,5,7-8H2,1-2H3,(H,19,20). The Labute approximate surface area is 117 Å². The number of carboxylic acids is 1. The molecule has 108 valence electrons. The molecule has 1 heterocycles. The fourth-order valence-corrected chi connectivity index (χ4v) is 2.69. The number of piperidine rings is 1. The lowest BCUT2D eigenvalue weighted by atomic mass is 9.90. The first-order chi connectivity index (χ1) is 9.38. The zero-order chi connectivity index (χ0) is 14.9. The minimum Gasteiger partial charge on any atom is -0.481 e. The van der Waals surface area contributed by atoms with Crippen molar-refractivity contribution in [3.63, 3.8) is 0 Å². The Hall–Kier alpha value is -1.91. The highest BCUT2D eigenvalue weighted by Crippen LogP contribution is 2.24. The number of benzene rings is 1. The summed E-state index contributed by atoms with van der Waals surface area (Å²) < 4.78 is 13.3. The van der Waals surface area contributed by atoms with Gasteiger partial charge in [-0.2, -0.15) is 0 Å². The van der Waals surface area contributed by atoms with Crippen molar-refractivity contribution in [3.05, 3.63) is 35.1 Å². The number of hydrogen-bond donors (Lipinski definition) is 1. The van der Waals surface area contributed by atoms with Crippen molar-refractivity contribution in [1.29, 1.82) is 0 Å². The monoisotopic (exact) mass is 279 g/mol. The van der Waals surface area contributed by atoms with Crippen molar-refractivity contribution in [2.75, 3.05) is 13.1 Å². The van der Waals surface area contributed by atoms with Crippen molar-refractivity contribution in [1.82, 2.24) is 4.90 Å². The minimum atomic E-state index is -0.884. The van der Waals surface area contributed by atoms with Gasteiger partial charge in [0.25, 0.3) is 5.91 Å². The van der Waals surface area contributed by atoms with Gasteiger partial charge in [0.15, 0.2) is 0 Å². The predicted octanol–water partition coefficient (Wildman–Crippen LogP) is 2.32. The molecule has 1 aromatic carbocycles. The lowest BCUT2D eigenvalue weighted by molar-refractivity contribution is -0.143. The summed E-state index contributed by atoms with van der Waals surface area (Å²) >= 11 is 0. The molecule has 1 amide bonds. The fourth-order valence-electron chi connectivity index (χ4n) is 2.69. The van der Waals surface area contributed by atoms with E-state index >= 15 is 0 Å². The van der Waals surface area contributed by atoms with E-state index in [-0.39, 0.29) is 18.4 Å². The van der Waals surface area contributed by atoms with Gasteiger partial charge in [0.2, 0.25) is 0 Å². The maximum absolute atomic E-state index is 13.3. The number of amides is 1. The highest BCUT2D eigenvalue weighted by Gasteiger charge is 2.32. The molecular formula is C15H18FNO3. The van der Waals surface area contributed by atoms with Crippen LogP contribution in [0.4, 0.5) is 4.39 Å². The van der Waals surface area contributed by atoms with Crippen molar-refractivity contribution in [2.45, 2.75) is 20.3 Å². The SMILES string of the molecule is Cc1ccc(F)cc1C(=O)N1CC(C)CC(C(=O)O)C1. The summed E-state index contributed by atoms with van der Waals surface area (Å²) in [6.07, 6.45) is 0.571. The van der Waals surface area contributed by atoms with E-state index in [0.29, 0.717) is 24.1 Å². The van der Waals surface area contributed by atoms with Crippen LogP contribution in [-0.2, 0) is 4.79 Å². The molecule has 2 atom stereocenters. The number of rotatable bonds is 2. The molecule has 5 heteroatoms. The Morgan fingerprint density at radius 2 is 2.05 bits per heavy atom. The van der Waals surface area contributed by atoms with Gasteiger partial charge in [-0.15, -0.1) is 0 Å². The Kier molecular flexibility index (Phi) is 4.06. The molecule has 1 aliphatic heterocycles. The van der Waals surface area contributed by atoms with Crippen LogP contribution in [0.2, 0.25) is 0 Å². The van der Waals surface area contributed by atoms with Crippen LogP contribution in [0.25, 0.3) is 0 Å². The quantitative estimate of drug-likeness (QED) is 0.903. The molecule has 0 aliphatic carbocycles. The van der Waals surface area contributed by atoms with E-state index in [2.05, 4.69) is 0 Å². The number of carboxylic acid groups (broad SMARTS) is 1. The molecule has 20 heavy (non-hydrogen) atoms. The van der Waals surface area contributed by atoms with Gasteiger partial charge in [-0.25, -0.2) is 4.39 Å². The summed E-state index contributed by atoms with van der Waals surface area (Å²) in [5.74, 6) is -2.05. The first-order valence-electron chi connectivity index (χ1n) is 6.66. The van der Waals surface area contributed by atoms with E-state index in [9.17, 15) is 14.0 Å². The smallest absolute Gasteiger partial charge is 0.308 e. The Bertz CT molecular complexity index is 544. The molecule has 1 aromatic rings. The van der Waals surface area contributed by atoms with Crippen LogP contribution >= 0.6 is 0 Å². The Balaban J connectivity index is 2.23. The molecule has 1 saturated heterocycles. The van der Waals surface area contributed by atoms with E-state index in [4.69, 9.17) is 5.11 Å². The van der Waals surface area contributed by atoms with Crippen LogP contribution in [0, 0.1) is 24.6 Å². The van der Waals surface area contributed by atoms with E-state index in [1.165, 1.54) is 17.0 Å². The van der Waals surface area contributed by atoms with Crippen LogP contribution in [0.1, 0.15) is 29.3 Å². The van der Waals surface area contributed by atoms with E-state index in [1.54, 1.807) is 13.0 Å². The second kappa shape index (κ2) is 5.61. The molecule has 1 fully saturated rings. The van der Waals surface area contributed by atoms with Gasteiger partial charge in [-0.3, -0.25) is 9.59 Å². The van der Waals surface area contributed by atoms with Gasteiger partial charge in [0, 0.05) is 18.7 Å². The largest absolute Gasteiger partial charge is 0.481 e. The summed E-state index contributed by atoms with van der Waals surface area (Å²) in [6.45, 7) is 4.37. The molecule has 2 unspecified atom stereocenters. The number of likely N-dealkylation sites (tertiary alicyclic amines) is 1. The second-order valence-corrected chi connectivity index (χ2v) is 5.55. The molecule has 0 aromatic heterocycles. The molecule has 0 saturated carbocycles. The van der Waals surface area contributed by atoms with E-state index in [0.717, 1.165) is 0 Å². The number of halogens is 1. The van der Waals surface area contributed by atoms with Gasteiger partial charge >= 0.3 is 5.97 Å². The zero-order valence-corrected chi connectivity index (χ0v) is 11.6. The lowest BCUT2D eigenvalue weighted by Crippen LogP contribution is -2.45. The minimum absolute atomic E-state index is 0.127. The first kappa shape index (κ1) is 14.5. The molecule has 1 aliphatic rings. The third-order valence-electron chi connectivity index (χ3n) is 3.73. The number of hydrogen-bond acceptors (Lipinski definition) is 2. The molecule has 0 spiro atoms. The first-order valence-corrected chi connectivity index (χ1v) is 6.66. The van der Waals surface area contributed by atoms with Crippen molar-refractivity contribution in [3.8, 4) is 0 Å². The second-order valence-electron chi connectivity index (χ2n) is 5.55. The molecule has 0 bridgehead atoms. The van der Waals surface area contributed by atoms with Crippen LogP contribution in [-0.4, -0.2) is 35.0 Å². The molecular weight excluding hydrogens is 261 g/mol. The molecule has 2 rings (SSSR count). The average Bonchev–Trinajstić information content (AvgIpc) is 2.40. The number of carbonyl (C=O) groups is 2. The topological polar surface area (TPSA) is 57.6 Å². The Morgan fingerprint density at radius 1 is 1.35 bits per heavy atom. The predicted molar refractivity (Wildman–Crippen MR) is 71.9 cm³/mol. The highest BCUT2D eigenvalue weighted by molar-refractivity contribution is 5.96. The molecule has 4 nitrogen and oxygen atoms in total. The third kappa shape index (κ3) is 2.98. The maximum Gasteiger partial charge on any atom is 0.308 e. The summed E-state index contributed by atoms with van der Waals surface area (Å²) in [5.41, 5.74) is 1.00. The van der Waals surface area contributed by atoms with Crippen molar-refractivity contribution < 1.29 is 19.1 Å². The van der Waals surface area contributed by atoms with Gasteiger partial charge in [-0.1, -0.05) is 13.0 Å². The molecule has 0 radical (unpaired) electrons. The number of aliphatic carboxylic acids is 1. The summed E-state index contributed by atoms with van der Waals surface area (Å²) in [5, 5.41) is 9.13. The normalized spacial score (nSPS) is 22.6. The summed E-state index contributed by atoms with van der Waals surface area (Å²) in [7, 11) is 0. The number of aryl methyl sites for hydroxylation is 1. The molecule has 1 N–H and O–H groups in total. The van der Waals surface area contributed by atoms with Gasteiger partial charge in [0.05, 0.1) is 5.92 Å².